The van der Waals surface area contributed by atoms with Crippen LogP contribution in [0.5, 0.6) is 5.75 Å². The average molecular weight is 775 g/mol. The Morgan fingerprint density at radius 1 is 0.849 bits per heavy atom. The highest BCUT2D eigenvalue weighted by Gasteiger charge is 2.26. The number of benzene rings is 1. The number of hydrogen-bond donors (Lipinski definition) is 1. The molecule has 0 radical (unpaired) electrons. The zero-order valence-corrected chi connectivity index (χ0v) is 33.0. The lowest BCUT2D eigenvalue weighted by Crippen LogP contribution is -2.33. The first-order valence-corrected chi connectivity index (χ1v) is 19.6. The summed E-state index contributed by atoms with van der Waals surface area (Å²) >= 11 is 9.60. The largest absolute Gasteiger partial charge is 0.495 e. The fraction of sp³-hybridized carbons (Fsp3) is 0.432. The first-order chi connectivity index (χ1) is 25.6. The van der Waals surface area contributed by atoms with Gasteiger partial charge in [-0.25, -0.2) is 19.9 Å². The van der Waals surface area contributed by atoms with Crippen LogP contribution in [-0.4, -0.2) is 119 Å². The molecule has 0 saturated heterocycles. The van der Waals surface area contributed by atoms with Gasteiger partial charge in [-0.2, -0.15) is 0 Å². The second-order valence-electron chi connectivity index (χ2n) is 13.7. The molecule has 1 N–H and O–H groups in total. The van der Waals surface area contributed by atoms with Crippen LogP contribution in [0.4, 0.5) is 11.5 Å². The second-order valence-corrected chi connectivity index (χ2v) is 16.3. The molecule has 13 nitrogen and oxygen atoms in total. The summed E-state index contributed by atoms with van der Waals surface area (Å²) in [6, 6.07) is 4.11. The molecule has 0 aliphatic carbocycles. The van der Waals surface area contributed by atoms with E-state index in [4.69, 9.17) is 16.3 Å². The number of thiophene rings is 2. The molecule has 0 unspecified atom stereocenters. The molecule has 8 rings (SSSR count). The van der Waals surface area contributed by atoms with E-state index in [0.717, 1.165) is 95.4 Å². The van der Waals surface area contributed by atoms with E-state index in [1.165, 1.54) is 32.8 Å². The molecule has 0 saturated carbocycles. The molecule has 5 aromatic rings. The minimum absolute atomic E-state index is 0.165. The van der Waals surface area contributed by atoms with Crippen molar-refractivity contribution in [1.82, 2.24) is 39.5 Å². The zero-order valence-electron chi connectivity index (χ0n) is 30.6. The number of aliphatic imine (C=N–C) groups is 1. The molecule has 0 spiro atoms. The van der Waals surface area contributed by atoms with Crippen LogP contribution < -0.4 is 10.1 Å². The number of anilines is 2. The number of carbonyl (C=O) groups is 2. The Bertz CT molecular complexity index is 2200. The lowest BCUT2D eigenvalue weighted by molar-refractivity contribution is -0.129. The molecule has 0 fully saturated rings. The molecule has 7 heterocycles. The Morgan fingerprint density at radius 3 is 2.04 bits per heavy atom. The molecule has 1 aromatic carbocycles. The Hall–Kier alpha value is -4.28. The van der Waals surface area contributed by atoms with Crippen LogP contribution in [0.1, 0.15) is 44.8 Å². The topological polar surface area (TPSA) is 132 Å². The van der Waals surface area contributed by atoms with Crippen molar-refractivity contribution >= 4 is 84.2 Å². The smallest absolute Gasteiger partial charge is 0.223 e. The lowest BCUT2D eigenvalue weighted by atomic mass is 10.0. The number of nitrogens with zero attached hydrogens (tertiary/aromatic N) is 9. The van der Waals surface area contributed by atoms with Crippen LogP contribution in [0.15, 0.2) is 29.8 Å². The number of fused-ring (bicyclic) bond motifs is 7. The van der Waals surface area contributed by atoms with E-state index in [1.54, 1.807) is 74.1 Å². The summed E-state index contributed by atoms with van der Waals surface area (Å²) < 4.78 is 5.63. The van der Waals surface area contributed by atoms with Gasteiger partial charge in [-0.3, -0.25) is 24.4 Å². The van der Waals surface area contributed by atoms with Gasteiger partial charge in [0.25, 0.3) is 0 Å². The predicted molar refractivity (Wildman–Crippen MR) is 212 cm³/mol. The SMILES string of the molecule is CN(C)C(=O)CCN1CCc2c(sc3ncnc(Cl)c23)C1.COc1cc2c(cc1Nc1ncnc3sc4c(c13)CCN(CCC(=O)N(C)C)C4)C=NC2. The van der Waals surface area contributed by atoms with Gasteiger partial charge in [0.1, 0.15) is 39.0 Å². The minimum atomic E-state index is 0.165. The van der Waals surface area contributed by atoms with E-state index in [2.05, 4.69) is 46.1 Å². The lowest BCUT2D eigenvalue weighted by Gasteiger charge is -2.27. The summed E-state index contributed by atoms with van der Waals surface area (Å²) in [6.07, 6.45) is 7.99. The highest BCUT2D eigenvalue weighted by molar-refractivity contribution is 7.19. The van der Waals surface area contributed by atoms with Crippen LogP contribution >= 0.6 is 34.3 Å². The fourth-order valence-electron chi connectivity index (χ4n) is 6.89. The standard InChI is InChI=1S/C23H26N6O2S.C14H17ClN4OS/c1-28(2)20(30)5-7-29-6-4-16-19(12-29)32-23-21(16)22(25-13-26-23)27-17-8-14-10-24-11-15(14)9-18(17)31-3;1-18(2)11(20)4-6-19-5-3-9-10(7-19)21-14-12(9)13(15)16-8-17-14/h8-10,13H,4-7,11-12H2,1-3H3,(H,25,26,27);8H,3-7H2,1-2H3. The summed E-state index contributed by atoms with van der Waals surface area (Å²) in [5.41, 5.74) is 5.75. The maximum absolute atomic E-state index is 12.0. The minimum Gasteiger partial charge on any atom is -0.495 e. The van der Waals surface area contributed by atoms with Crippen molar-refractivity contribution in [3.05, 3.63) is 61.9 Å². The van der Waals surface area contributed by atoms with Crippen LogP contribution in [0.2, 0.25) is 5.15 Å². The number of nitrogens with one attached hydrogen (secondary N) is 1. The van der Waals surface area contributed by atoms with Gasteiger partial charge in [-0.05, 0) is 47.2 Å². The molecule has 16 heteroatoms. The number of carbonyl (C=O) groups excluding carboxylic acids is 2. The first-order valence-electron chi connectivity index (χ1n) is 17.6. The summed E-state index contributed by atoms with van der Waals surface area (Å²) in [5.74, 6) is 1.92. The molecule has 278 valence electrons. The number of methoxy groups -OCH3 is 1. The maximum atomic E-state index is 12.0. The van der Waals surface area contributed by atoms with Gasteiger partial charge in [0.05, 0.1) is 30.1 Å². The third-order valence-corrected chi connectivity index (χ3v) is 12.4. The van der Waals surface area contributed by atoms with Gasteiger partial charge in [-0.15, -0.1) is 22.7 Å². The number of hydrogen-bond acceptors (Lipinski definition) is 13. The predicted octanol–water partition coefficient (Wildman–Crippen LogP) is 5.39. The highest BCUT2D eigenvalue weighted by atomic mass is 35.5. The number of aromatic nitrogens is 4. The van der Waals surface area contributed by atoms with Gasteiger partial charge in [-0.1, -0.05) is 11.6 Å². The third-order valence-electron chi connectivity index (χ3n) is 9.87. The van der Waals surface area contributed by atoms with E-state index in [9.17, 15) is 9.59 Å². The third kappa shape index (κ3) is 7.99. The monoisotopic (exact) mass is 774 g/mol. The molecule has 0 bridgehead atoms. The first kappa shape index (κ1) is 37.1. The van der Waals surface area contributed by atoms with Crippen molar-refractivity contribution in [2.45, 2.75) is 45.3 Å². The molecular weight excluding hydrogens is 732 g/mol. The zero-order chi connectivity index (χ0) is 37.2. The van der Waals surface area contributed by atoms with Crippen LogP contribution in [0.25, 0.3) is 20.4 Å². The summed E-state index contributed by atoms with van der Waals surface area (Å²) in [6.45, 7) is 5.84. The molecule has 53 heavy (non-hydrogen) atoms. The van der Waals surface area contributed by atoms with Gasteiger partial charge in [0.2, 0.25) is 11.8 Å². The average Bonchev–Trinajstić information content (AvgIpc) is 3.87. The number of rotatable bonds is 9. The van der Waals surface area contributed by atoms with E-state index in [1.807, 2.05) is 12.3 Å². The molecule has 2 amide bonds. The van der Waals surface area contributed by atoms with E-state index < -0.39 is 0 Å². The van der Waals surface area contributed by atoms with Crippen LogP contribution in [0.3, 0.4) is 0 Å². The molecule has 4 aromatic heterocycles. The van der Waals surface area contributed by atoms with Crippen molar-refractivity contribution in [2.75, 3.05) is 66.8 Å². The van der Waals surface area contributed by atoms with E-state index in [-0.39, 0.29) is 11.8 Å². The number of halogens is 1. The summed E-state index contributed by atoms with van der Waals surface area (Å²) in [7, 11) is 8.88. The maximum Gasteiger partial charge on any atom is 0.223 e. The van der Waals surface area contributed by atoms with Crippen molar-refractivity contribution in [3.8, 4) is 5.75 Å². The Morgan fingerprint density at radius 2 is 1.43 bits per heavy atom. The van der Waals surface area contributed by atoms with Crippen molar-refractivity contribution in [1.29, 1.82) is 0 Å². The number of amides is 2. The Labute approximate surface area is 321 Å². The quantitative estimate of drug-likeness (QED) is 0.195. The molecule has 3 aliphatic heterocycles. The Balaban J connectivity index is 0.000000179. The van der Waals surface area contributed by atoms with Gasteiger partial charge in [0.15, 0.2) is 0 Å². The van der Waals surface area contributed by atoms with E-state index in [0.29, 0.717) is 24.5 Å². The summed E-state index contributed by atoms with van der Waals surface area (Å²) in [4.78, 5) is 58.1. The highest BCUT2D eigenvalue weighted by Crippen LogP contribution is 2.40. The van der Waals surface area contributed by atoms with Gasteiger partial charge >= 0.3 is 0 Å². The van der Waals surface area contributed by atoms with E-state index >= 15 is 0 Å². The Kier molecular flexibility index (Phi) is 11.2. The normalized spacial score (nSPS) is 15.1. The van der Waals surface area contributed by atoms with Gasteiger partial charge in [0, 0.05) is 96.3 Å². The van der Waals surface area contributed by atoms with Crippen molar-refractivity contribution in [2.24, 2.45) is 4.99 Å². The molecule has 3 aliphatic rings. The van der Waals surface area contributed by atoms with Gasteiger partial charge < -0.3 is 19.9 Å². The van der Waals surface area contributed by atoms with Crippen molar-refractivity contribution in [3.63, 3.8) is 0 Å². The van der Waals surface area contributed by atoms with Crippen LogP contribution in [-0.2, 0) is 42.1 Å². The molecular formula is C37H43ClN10O3S2. The van der Waals surface area contributed by atoms with Crippen molar-refractivity contribution < 1.29 is 14.3 Å². The fourth-order valence-corrected chi connectivity index (χ4v) is 9.65. The molecule has 0 atom stereocenters. The second kappa shape index (κ2) is 16.0. The summed E-state index contributed by atoms with van der Waals surface area (Å²) in [5, 5.41) is 6.16. The number of ether oxygens (including phenoxy) is 1. The van der Waals surface area contributed by atoms with Crippen LogP contribution in [0, 0.1) is 0 Å².